The van der Waals surface area contributed by atoms with E-state index in [-0.39, 0.29) is 6.04 Å². The van der Waals surface area contributed by atoms with Crippen molar-refractivity contribution in [1.82, 2.24) is 0 Å². The Labute approximate surface area is 127 Å². The van der Waals surface area contributed by atoms with Gasteiger partial charge in [-0.3, -0.25) is 0 Å². The van der Waals surface area contributed by atoms with Gasteiger partial charge in [0.2, 0.25) is 0 Å². The normalized spacial score (nSPS) is 16.2. The molecule has 1 aliphatic heterocycles. The lowest BCUT2D eigenvalue weighted by Gasteiger charge is -2.27. The molecule has 1 atom stereocenters. The van der Waals surface area contributed by atoms with Gasteiger partial charge in [0.1, 0.15) is 0 Å². The fraction of sp³-hybridized carbons (Fsp3) is 0.368. The number of fused-ring (bicyclic) bond motifs is 1. The molecule has 3 rings (SSSR count). The Bertz CT molecular complexity index is 579. The van der Waals surface area contributed by atoms with Crippen LogP contribution in [0.5, 0.6) is 0 Å². The summed E-state index contributed by atoms with van der Waals surface area (Å²) in [6.45, 7) is 4.30. The van der Waals surface area contributed by atoms with E-state index in [1.165, 1.54) is 22.4 Å². The van der Waals surface area contributed by atoms with Crippen LogP contribution in [-0.4, -0.2) is 13.1 Å². The highest BCUT2D eigenvalue weighted by Gasteiger charge is 2.18. The highest BCUT2D eigenvalue weighted by atomic mass is 15.1. The van der Waals surface area contributed by atoms with Gasteiger partial charge < -0.3 is 10.6 Å². The SMILES string of the molecule is CC[C@@H](N)c1ccccc1N1CCc2ccccc2CC1. The molecule has 0 saturated carbocycles. The summed E-state index contributed by atoms with van der Waals surface area (Å²) >= 11 is 0. The molecule has 0 aliphatic carbocycles. The number of hydrogen-bond acceptors (Lipinski definition) is 2. The molecule has 2 nitrogen and oxygen atoms in total. The van der Waals surface area contributed by atoms with Crippen molar-refractivity contribution < 1.29 is 0 Å². The lowest BCUT2D eigenvalue weighted by atomic mass is 10.0. The van der Waals surface area contributed by atoms with E-state index in [9.17, 15) is 0 Å². The number of benzene rings is 2. The van der Waals surface area contributed by atoms with Crippen molar-refractivity contribution in [2.75, 3.05) is 18.0 Å². The predicted molar refractivity (Wildman–Crippen MR) is 89.7 cm³/mol. The van der Waals surface area contributed by atoms with Crippen LogP contribution >= 0.6 is 0 Å². The summed E-state index contributed by atoms with van der Waals surface area (Å²) in [4.78, 5) is 2.50. The van der Waals surface area contributed by atoms with Crippen molar-refractivity contribution in [3.63, 3.8) is 0 Å². The Morgan fingerprint density at radius 1 is 0.952 bits per heavy atom. The minimum absolute atomic E-state index is 0.131. The maximum atomic E-state index is 6.30. The molecule has 2 heteroatoms. The average molecular weight is 280 g/mol. The standard InChI is InChI=1S/C19H24N2/c1-2-18(20)17-9-5-6-10-19(17)21-13-11-15-7-3-4-8-16(15)12-14-21/h3-10,18H,2,11-14,20H2,1H3/t18-/m1/s1. The van der Waals surface area contributed by atoms with E-state index in [2.05, 4.69) is 60.4 Å². The molecule has 0 spiro atoms. The Morgan fingerprint density at radius 2 is 1.52 bits per heavy atom. The largest absolute Gasteiger partial charge is 0.371 e. The summed E-state index contributed by atoms with van der Waals surface area (Å²) in [5.74, 6) is 0. The van der Waals surface area contributed by atoms with Gasteiger partial charge in [-0.2, -0.15) is 0 Å². The van der Waals surface area contributed by atoms with Crippen LogP contribution in [0.1, 0.15) is 36.1 Å². The van der Waals surface area contributed by atoms with Gasteiger partial charge in [0.05, 0.1) is 0 Å². The Kier molecular flexibility index (Phi) is 4.26. The Morgan fingerprint density at radius 3 is 2.14 bits per heavy atom. The number of para-hydroxylation sites is 1. The first kappa shape index (κ1) is 14.2. The van der Waals surface area contributed by atoms with Gasteiger partial charge in [0.15, 0.2) is 0 Å². The molecule has 0 fully saturated rings. The fourth-order valence-electron chi connectivity index (χ4n) is 3.22. The zero-order valence-electron chi connectivity index (χ0n) is 12.8. The molecule has 0 bridgehead atoms. The summed E-state index contributed by atoms with van der Waals surface area (Å²) in [6.07, 6.45) is 3.21. The van der Waals surface area contributed by atoms with Crippen molar-refractivity contribution in [1.29, 1.82) is 0 Å². The van der Waals surface area contributed by atoms with E-state index in [1.54, 1.807) is 0 Å². The number of nitrogens with two attached hydrogens (primary N) is 1. The molecule has 0 unspecified atom stereocenters. The number of anilines is 1. The first-order valence-corrected chi connectivity index (χ1v) is 7.96. The van der Waals surface area contributed by atoms with Gasteiger partial charge in [0.25, 0.3) is 0 Å². The lowest BCUT2D eigenvalue weighted by Crippen LogP contribution is -2.28. The van der Waals surface area contributed by atoms with Crippen molar-refractivity contribution in [3.05, 3.63) is 65.2 Å². The molecule has 21 heavy (non-hydrogen) atoms. The molecule has 2 aromatic rings. The van der Waals surface area contributed by atoms with E-state index in [0.717, 1.165) is 32.4 Å². The molecule has 2 aromatic carbocycles. The smallest absolute Gasteiger partial charge is 0.0414 e. The molecular weight excluding hydrogens is 256 g/mol. The maximum Gasteiger partial charge on any atom is 0.0414 e. The molecule has 1 heterocycles. The fourth-order valence-corrected chi connectivity index (χ4v) is 3.22. The molecular formula is C19H24N2. The quantitative estimate of drug-likeness (QED) is 0.929. The number of hydrogen-bond donors (Lipinski definition) is 1. The molecule has 0 amide bonds. The number of nitrogens with zero attached hydrogens (tertiary/aromatic N) is 1. The van der Waals surface area contributed by atoms with Crippen LogP contribution in [-0.2, 0) is 12.8 Å². The first-order valence-electron chi connectivity index (χ1n) is 7.96. The van der Waals surface area contributed by atoms with Crippen LogP contribution < -0.4 is 10.6 Å². The summed E-state index contributed by atoms with van der Waals surface area (Å²) in [5.41, 5.74) is 11.9. The van der Waals surface area contributed by atoms with E-state index >= 15 is 0 Å². The van der Waals surface area contributed by atoms with Gasteiger partial charge >= 0.3 is 0 Å². The van der Waals surface area contributed by atoms with E-state index in [1.807, 2.05) is 0 Å². The number of rotatable bonds is 3. The summed E-state index contributed by atoms with van der Waals surface area (Å²) < 4.78 is 0. The van der Waals surface area contributed by atoms with Gasteiger partial charge in [-0.05, 0) is 42.0 Å². The van der Waals surface area contributed by atoms with Crippen molar-refractivity contribution in [2.45, 2.75) is 32.2 Å². The van der Waals surface area contributed by atoms with E-state index in [4.69, 9.17) is 5.73 Å². The lowest BCUT2D eigenvalue weighted by molar-refractivity contribution is 0.689. The second kappa shape index (κ2) is 6.31. The summed E-state index contributed by atoms with van der Waals surface area (Å²) in [5, 5.41) is 0. The maximum absolute atomic E-state index is 6.30. The van der Waals surface area contributed by atoms with Gasteiger partial charge in [-0.15, -0.1) is 0 Å². The second-order valence-electron chi connectivity index (χ2n) is 5.83. The molecule has 0 radical (unpaired) electrons. The highest BCUT2D eigenvalue weighted by molar-refractivity contribution is 5.55. The molecule has 0 aromatic heterocycles. The van der Waals surface area contributed by atoms with Crippen LogP contribution in [0.25, 0.3) is 0 Å². The van der Waals surface area contributed by atoms with Crippen LogP contribution in [0.2, 0.25) is 0 Å². The Balaban J connectivity index is 1.86. The van der Waals surface area contributed by atoms with Crippen LogP contribution in [0, 0.1) is 0 Å². The summed E-state index contributed by atoms with van der Waals surface area (Å²) in [7, 11) is 0. The van der Waals surface area contributed by atoms with Crippen LogP contribution in [0.15, 0.2) is 48.5 Å². The topological polar surface area (TPSA) is 29.3 Å². The van der Waals surface area contributed by atoms with Crippen LogP contribution in [0.4, 0.5) is 5.69 Å². The first-order chi connectivity index (χ1) is 10.3. The average Bonchev–Trinajstić information content (AvgIpc) is 2.77. The monoisotopic (exact) mass is 280 g/mol. The van der Waals surface area contributed by atoms with Gasteiger partial charge in [0, 0.05) is 24.8 Å². The van der Waals surface area contributed by atoms with Crippen LogP contribution in [0.3, 0.4) is 0 Å². The zero-order valence-corrected chi connectivity index (χ0v) is 12.8. The summed E-state index contributed by atoms with van der Waals surface area (Å²) in [6, 6.07) is 17.6. The third-order valence-corrected chi connectivity index (χ3v) is 4.54. The van der Waals surface area contributed by atoms with E-state index < -0.39 is 0 Å². The minimum Gasteiger partial charge on any atom is -0.371 e. The van der Waals surface area contributed by atoms with E-state index in [0.29, 0.717) is 0 Å². The second-order valence-corrected chi connectivity index (χ2v) is 5.83. The molecule has 1 aliphatic rings. The van der Waals surface area contributed by atoms with Crippen molar-refractivity contribution in [3.8, 4) is 0 Å². The van der Waals surface area contributed by atoms with Gasteiger partial charge in [-0.1, -0.05) is 49.4 Å². The highest BCUT2D eigenvalue weighted by Crippen LogP contribution is 2.28. The zero-order chi connectivity index (χ0) is 14.7. The molecule has 110 valence electrons. The molecule has 0 saturated heterocycles. The van der Waals surface area contributed by atoms with Crippen molar-refractivity contribution in [2.24, 2.45) is 5.73 Å². The van der Waals surface area contributed by atoms with Crippen molar-refractivity contribution >= 4 is 5.69 Å². The predicted octanol–water partition coefficient (Wildman–Crippen LogP) is 3.70. The Hall–Kier alpha value is -1.80. The third-order valence-electron chi connectivity index (χ3n) is 4.54. The van der Waals surface area contributed by atoms with Gasteiger partial charge in [-0.25, -0.2) is 0 Å². The minimum atomic E-state index is 0.131. The third kappa shape index (κ3) is 2.96. The molecule has 2 N–H and O–H groups in total.